The van der Waals surface area contributed by atoms with Gasteiger partial charge in [0, 0.05) is 13.6 Å². The highest BCUT2D eigenvalue weighted by Gasteiger charge is 2.30. The molecule has 0 spiro atoms. The normalized spacial score (nSPS) is 10.3. The van der Waals surface area contributed by atoms with Gasteiger partial charge in [0.05, 0.1) is 19.6 Å². The topological polar surface area (TPSA) is 70.4 Å². The van der Waals surface area contributed by atoms with E-state index in [0.29, 0.717) is 0 Å². The number of carbonyl (C=O) groups excluding carboxylic acids is 2. The summed E-state index contributed by atoms with van der Waals surface area (Å²) in [6, 6.07) is 1.92. The lowest BCUT2D eigenvalue weighted by atomic mass is 9.94. The van der Waals surface area contributed by atoms with E-state index < -0.39 is 5.41 Å². The van der Waals surface area contributed by atoms with Gasteiger partial charge in [0.2, 0.25) is 5.91 Å². The highest BCUT2D eigenvalue weighted by molar-refractivity contribution is 5.84. The molecule has 0 bridgehead atoms. The number of hydrogen-bond acceptors (Lipinski definition) is 4. The maximum Gasteiger partial charge on any atom is 0.307 e. The van der Waals surface area contributed by atoms with Gasteiger partial charge in [0.15, 0.2) is 0 Å². The Kier molecular flexibility index (Phi) is 4.79. The molecule has 0 saturated carbocycles. The van der Waals surface area contributed by atoms with Gasteiger partial charge in [0.1, 0.15) is 5.41 Å². The summed E-state index contributed by atoms with van der Waals surface area (Å²) in [5, 5.41) is 8.75. The average molecular weight is 212 g/mol. The lowest BCUT2D eigenvalue weighted by molar-refractivity contribution is -0.142. The van der Waals surface area contributed by atoms with Crippen molar-refractivity contribution in [3.8, 4) is 6.07 Å². The number of nitriles is 1. The molecule has 15 heavy (non-hydrogen) atoms. The molecule has 5 nitrogen and oxygen atoms in total. The number of nitrogens with zero attached hydrogens (tertiary/aromatic N) is 2. The van der Waals surface area contributed by atoms with Gasteiger partial charge in [-0.05, 0) is 13.8 Å². The fraction of sp³-hybridized carbons (Fsp3) is 0.700. The Labute approximate surface area is 89.6 Å². The van der Waals surface area contributed by atoms with E-state index in [4.69, 9.17) is 5.26 Å². The molecule has 0 radical (unpaired) electrons. The predicted octanol–water partition coefficient (Wildman–Crippen LogP) is 0.558. The lowest BCUT2D eigenvalue weighted by Crippen LogP contribution is -2.38. The van der Waals surface area contributed by atoms with Crippen LogP contribution in [-0.4, -0.2) is 37.5 Å². The van der Waals surface area contributed by atoms with Crippen molar-refractivity contribution in [1.29, 1.82) is 5.26 Å². The largest absolute Gasteiger partial charge is 0.469 e. The molecule has 0 saturated heterocycles. The number of amides is 1. The highest BCUT2D eigenvalue weighted by Crippen LogP contribution is 2.16. The first-order chi connectivity index (χ1) is 6.85. The van der Waals surface area contributed by atoms with Gasteiger partial charge >= 0.3 is 5.97 Å². The molecule has 0 heterocycles. The van der Waals surface area contributed by atoms with Crippen LogP contribution >= 0.6 is 0 Å². The van der Waals surface area contributed by atoms with Gasteiger partial charge in [-0.1, -0.05) is 0 Å². The minimum absolute atomic E-state index is 0.139. The second kappa shape index (κ2) is 5.35. The molecule has 0 aliphatic carbocycles. The van der Waals surface area contributed by atoms with E-state index in [-0.39, 0.29) is 24.8 Å². The van der Waals surface area contributed by atoms with Crippen LogP contribution in [0.25, 0.3) is 0 Å². The van der Waals surface area contributed by atoms with Gasteiger partial charge in [-0.2, -0.15) is 5.26 Å². The molecule has 0 fully saturated rings. The van der Waals surface area contributed by atoms with Crippen molar-refractivity contribution in [3.05, 3.63) is 0 Å². The molecular formula is C10H16N2O3. The minimum atomic E-state index is -1.05. The van der Waals surface area contributed by atoms with Crippen molar-refractivity contribution in [2.45, 2.75) is 20.3 Å². The summed E-state index contributed by atoms with van der Waals surface area (Å²) in [4.78, 5) is 23.8. The van der Waals surface area contributed by atoms with Crippen molar-refractivity contribution in [3.63, 3.8) is 0 Å². The Morgan fingerprint density at radius 3 is 2.40 bits per heavy atom. The average Bonchev–Trinajstić information content (AvgIpc) is 2.23. The fourth-order valence-corrected chi connectivity index (χ4v) is 0.988. The van der Waals surface area contributed by atoms with E-state index in [1.807, 2.05) is 6.07 Å². The summed E-state index contributed by atoms with van der Waals surface area (Å²) < 4.78 is 4.45. The van der Waals surface area contributed by atoms with Crippen LogP contribution in [0.5, 0.6) is 0 Å². The molecule has 0 rings (SSSR count). The molecule has 1 amide bonds. The molecule has 0 aliphatic heterocycles. The lowest BCUT2D eigenvalue weighted by Gasteiger charge is -2.23. The summed E-state index contributed by atoms with van der Waals surface area (Å²) >= 11 is 0. The third kappa shape index (κ3) is 3.98. The van der Waals surface area contributed by atoms with Crippen LogP contribution in [0.2, 0.25) is 0 Å². The Balaban J connectivity index is 4.24. The van der Waals surface area contributed by atoms with Gasteiger partial charge in [-0.3, -0.25) is 9.59 Å². The monoisotopic (exact) mass is 212 g/mol. The Morgan fingerprint density at radius 2 is 2.00 bits per heavy atom. The van der Waals surface area contributed by atoms with Crippen LogP contribution in [0, 0.1) is 16.7 Å². The maximum atomic E-state index is 11.6. The van der Waals surface area contributed by atoms with Crippen molar-refractivity contribution in [1.82, 2.24) is 4.90 Å². The van der Waals surface area contributed by atoms with Crippen LogP contribution in [-0.2, 0) is 14.3 Å². The number of carbonyl (C=O) groups is 2. The van der Waals surface area contributed by atoms with E-state index in [9.17, 15) is 9.59 Å². The zero-order valence-corrected chi connectivity index (χ0v) is 9.53. The van der Waals surface area contributed by atoms with Gasteiger partial charge in [0.25, 0.3) is 0 Å². The van der Waals surface area contributed by atoms with Crippen molar-refractivity contribution >= 4 is 11.9 Å². The van der Waals surface area contributed by atoms with E-state index in [0.717, 1.165) is 0 Å². The smallest absolute Gasteiger partial charge is 0.307 e. The molecule has 0 atom stereocenters. The Bertz CT molecular complexity index is 292. The molecule has 0 aromatic heterocycles. The van der Waals surface area contributed by atoms with Crippen molar-refractivity contribution in [2.75, 3.05) is 20.7 Å². The van der Waals surface area contributed by atoms with Crippen LogP contribution in [0.3, 0.4) is 0 Å². The molecule has 5 heteroatoms. The Morgan fingerprint density at radius 1 is 1.47 bits per heavy atom. The molecule has 0 aromatic carbocycles. The maximum absolute atomic E-state index is 11.6. The fourth-order valence-electron chi connectivity index (χ4n) is 0.988. The summed E-state index contributed by atoms with van der Waals surface area (Å²) in [5.74, 6) is -0.668. The molecule has 0 unspecified atom stereocenters. The summed E-state index contributed by atoms with van der Waals surface area (Å²) in [6.45, 7) is 3.35. The van der Waals surface area contributed by atoms with Crippen LogP contribution < -0.4 is 0 Å². The number of hydrogen-bond donors (Lipinski definition) is 0. The second-order valence-corrected chi connectivity index (χ2v) is 3.79. The van der Waals surface area contributed by atoms with Gasteiger partial charge < -0.3 is 9.64 Å². The minimum Gasteiger partial charge on any atom is -0.469 e. The zero-order chi connectivity index (χ0) is 12.1. The summed E-state index contributed by atoms with van der Waals surface area (Å²) in [6.07, 6.45) is 0.139. The summed E-state index contributed by atoms with van der Waals surface area (Å²) in [5.41, 5.74) is -1.05. The molecule has 0 aromatic rings. The first kappa shape index (κ1) is 13.4. The molecule has 84 valence electrons. The zero-order valence-electron chi connectivity index (χ0n) is 9.53. The molecular weight excluding hydrogens is 196 g/mol. The number of ether oxygens (including phenoxy) is 1. The second-order valence-electron chi connectivity index (χ2n) is 3.79. The standard InChI is InChI=1S/C10H16N2O3/c1-10(2,7-11)9(14)12(3)6-5-8(13)15-4/h5-6H2,1-4H3. The highest BCUT2D eigenvalue weighted by atomic mass is 16.5. The Hall–Kier alpha value is -1.57. The van der Waals surface area contributed by atoms with E-state index in [2.05, 4.69) is 4.74 Å². The van der Waals surface area contributed by atoms with E-state index >= 15 is 0 Å². The van der Waals surface area contributed by atoms with Crippen LogP contribution in [0.15, 0.2) is 0 Å². The first-order valence-electron chi connectivity index (χ1n) is 4.58. The quantitative estimate of drug-likeness (QED) is 0.638. The van der Waals surface area contributed by atoms with Gasteiger partial charge in [-0.15, -0.1) is 0 Å². The number of rotatable bonds is 4. The summed E-state index contributed by atoms with van der Waals surface area (Å²) in [7, 11) is 2.85. The molecule has 0 N–H and O–H groups in total. The number of esters is 1. The van der Waals surface area contributed by atoms with E-state index in [1.54, 1.807) is 20.9 Å². The van der Waals surface area contributed by atoms with Crippen molar-refractivity contribution < 1.29 is 14.3 Å². The van der Waals surface area contributed by atoms with Crippen LogP contribution in [0.1, 0.15) is 20.3 Å². The third-order valence-electron chi connectivity index (χ3n) is 2.04. The SMILES string of the molecule is COC(=O)CCN(C)C(=O)C(C)(C)C#N. The van der Waals surface area contributed by atoms with Gasteiger partial charge in [-0.25, -0.2) is 0 Å². The number of methoxy groups -OCH3 is 1. The van der Waals surface area contributed by atoms with Crippen LogP contribution in [0.4, 0.5) is 0 Å². The van der Waals surface area contributed by atoms with Crippen molar-refractivity contribution in [2.24, 2.45) is 5.41 Å². The molecule has 0 aliphatic rings. The predicted molar refractivity (Wildman–Crippen MR) is 53.7 cm³/mol. The van der Waals surface area contributed by atoms with E-state index in [1.165, 1.54) is 12.0 Å². The third-order valence-corrected chi connectivity index (χ3v) is 2.04. The first-order valence-corrected chi connectivity index (χ1v) is 4.58.